The van der Waals surface area contributed by atoms with Gasteiger partial charge >= 0.3 is 0 Å². The highest BCUT2D eigenvalue weighted by Gasteiger charge is 2.08. The number of nitrogens with two attached hydrogens (primary N) is 1. The molecule has 0 saturated carbocycles. The topological polar surface area (TPSA) is 101 Å². The van der Waals surface area contributed by atoms with E-state index in [1.807, 2.05) is 6.92 Å². The number of anilines is 1. The number of hydrogen-bond donors (Lipinski definition) is 3. The van der Waals surface area contributed by atoms with Crippen molar-refractivity contribution >= 4 is 23.8 Å². The highest BCUT2D eigenvalue weighted by molar-refractivity contribution is 5.96. The molecule has 4 N–H and O–H groups in total. The summed E-state index contributed by atoms with van der Waals surface area (Å²) < 4.78 is 0. The van der Waals surface area contributed by atoms with Gasteiger partial charge in [0.15, 0.2) is 6.29 Å². The molecule has 0 unspecified atom stereocenters. The van der Waals surface area contributed by atoms with Crippen molar-refractivity contribution in [1.29, 1.82) is 0 Å². The molecule has 6 heteroatoms. The Morgan fingerprint density at radius 3 is 2.70 bits per heavy atom. The van der Waals surface area contributed by atoms with Crippen LogP contribution in [0, 0.1) is 0 Å². The van der Waals surface area contributed by atoms with E-state index in [1.165, 1.54) is 0 Å². The third-order valence-corrected chi connectivity index (χ3v) is 2.70. The first kappa shape index (κ1) is 15.8. The van der Waals surface area contributed by atoms with Gasteiger partial charge in [0.2, 0.25) is 11.8 Å². The minimum absolute atomic E-state index is 0.00253. The van der Waals surface area contributed by atoms with E-state index >= 15 is 0 Å². The van der Waals surface area contributed by atoms with Crippen LogP contribution < -0.4 is 16.4 Å². The van der Waals surface area contributed by atoms with Crippen LogP contribution in [-0.2, 0) is 16.1 Å². The van der Waals surface area contributed by atoms with Crippen molar-refractivity contribution < 1.29 is 14.4 Å². The fraction of sp³-hybridized carbons (Fsp3) is 0.357. The van der Waals surface area contributed by atoms with Gasteiger partial charge in [0.05, 0.1) is 6.54 Å². The summed E-state index contributed by atoms with van der Waals surface area (Å²) in [7, 11) is 0. The Labute approximate surface area is 117 Å². The summed E-state index contributed by atoms with van der Waals surface area (Å²) in [6.45, 7) is 2.19. The Morgan fingerprint density at radius 1 is 1.30 bits per heavy atom. The van der Waals surface area contributed by atoms with Gasteiger partial charge in [-0.2, -0.15) is 0 Å². The molecule has 0 saturated heterocycles. The van der Waals surface area contributed by atoms with Gasteiger partial charge in [0.25, 0.3) is 0 Å². The Kier molecular flexibility index (Phi) is 6.39. The minimum Gasteiger partial charge on any atom is -0.398 e. The molecule has 0 aliphatic rings. The van der Waals surface area contributed by atoms with Gasteiger partial charge in [-0.25, -0.2) is 0 Å². The van der Waals surface area contributed by atoms with E-state index in [-0.39, 0.29) is 18.4 Å². The van der Waals surface area contributed by atoms with Crippen LogP contribution in [0.2, 0.25) is 0 Å². The summed E-state index contributed by atoms with van der Waals surface area (Å²) in [6.07, 6.45) is 1.71. The van der Waals surface area contributed by atoms with E-state index in [0.717, 1.165) is 0 Å². The van der Waals surface area contributed by atoms with Crippen LogP contribution in [0.1, 0.15) is 35.7 Å². The van der Waals surface area contributed by atoms with Crippen molar-refractivity contribution in [3.8, 4) is 0 Å². The van der Waals surface area contributed by atoms with Crippen molar-refractivity contribution in [3.63, 3.8) is 0 Å². The largest absolute Gasteiger partial charge is 0.398 e. The van der Waals surface area contributed by atoms with Crippen LogP contribution in [0.5, 0.6) is 0 Å². The molecule has 1 aromatic rings. The third-order valence-electron chi connectivity index (χ3n) is 2.70. The number of benzene rings is 1. The van der Waals surface area contributed by atoms with Crippen LogP contribution in [0.25, 0.3) is 0 Å². The summed E-state index contributed by atoms with van der Waals surface area (Å²) in [5.41, 5.74) is 7.22. The molecule has 0 heterocycles. The van der Waals surface area contributed by atoms with E-state index in [9.17, 15) is 14.4 Å². The first-order valence-electron chi connectivity index (χ1n) is 6.44. The van der Waals surface area contributed by atoms with E-state index < -0.39 is 0 Å². The molecule has 1 rings (SSSR count). The second kappa shape index (κ2) is 8.06. The summed E-state index contributed by atoms with van der Waals surface area (Å²) in [6, 6.07) is 5.14. The lowest BCUT2D eigenvalue weighted by molar-refractivity contribution is -0.129. The Morgan fingerprint density at radius 2 is 2.05 bits per heavy atom. The maximum absolute atomic E-state index is 11.5. The lowest BCUT2D eigenvalue weighted by Gasteiger charge is -2.09. The second-order valence-electron chi connectivity index (χ2n) is 4.36. The van der Waals surface area contributed by atoms with Crippen LogP contribution in [-0.4, -0.2) is 24.6 Å². The van der Waals surface area contributed by atoms with Gasteiger partial charge in [0.1, 0.15) is 0 Å². The number of amides is 2. The molecule has 1 aromatic carbocycles. The molecule has 0 spiro atoms. The number of rotatable bonds is 7. The number of hydrogen-bond acceptors (Lipinski definition) is 5. The Balaban J connectivity index is 2.45. The molecule has 6 nitrogen and oxygen atoms in total. The normalized spacial score (nSPS) is 10.1. The average Bonchev–Trinajstić information content (AvgIpc) is 2.39. The molecule has 0 bridgehead atoms. The maximum atomic E-state index is 11.5. The second-order valence-corrected chi connectivity index (χ2v) is 4.36. The Hall–Kier alpha value is -2.21. The zero-order valence-corrected chi connectivity index (χ0v) is 11.4. The summed E-state index contributed by atoms with van der Waals surface area (Å²) in [5, 5.41) is 5.14. The van der Waals surface area contributed by atoms with Gasteiger partial charge in [-0.15, -0.1) is 0 Å². The number of carbonyl (C=O) groups is 3. The van der Waals surface area contributed by atoms with Crippen molar-refractivity contribution in [3.05, 3.63) is 29.3 Å². The number of nitrogen functional groups attached to an aromatic ring is 1. The summed E-state index contributed by atoms with van der Waals surface area (Å²) >= 11 is 0. The molecule has 108 valence electrons. The molecule has 0 aliphatic heterocycles. The zero-order valence-electron chi connectivity index (χ0n) is 11.4. The molecular formula is C14H19N3O3. The maximum Gasteiger partial charge on any atom is 0.240 e. The predicted octanol–water partition coefficient (Wildman–Crippen LogP) is 0.614. The highest BCUT2D eigenvalue weighted by Crippen LogP contribution is 2.14. The molecule has 0 atom stereocenters. The van der Waals surface area contributed by atoms with Gasteiger partial charge in [-0.05, 0) is 18.1 Å². The van der Waals surface area contributed by atoms with Crippen molar-refractivity contribution in [2.24, 2.45) is 0 Å². The van der Waals surface area contributed by atoms with Crippen LogP contribution in [0.3, 0.4) is 0 Å². The zero-order chi connectivity index (χ0) is 15.0. The summed E-state index contributed by atoms with van der Waals surface area (Å²) in [4.78, 5) is 33.6. The monoisotopic (exact) mass is 277 g/mol. The SMILES string of the molecule is CCCC(=O)NC(=O)CNCc1cccc(N)c1C=O. The fourth-order valence-corrected chi connectivity index (χ4v) is 1.73. The van der Waals surface area contributed by atoms with E-state index in [4.69, 9.17) is 5.73 Å². The quantitative estimate of drug-likeness (QED) is 0.501. The van der Waals surface area contributed by atoms with Gasteiger partial charge in [-0.3, -0.25) is 19.7 Å². The number of carbonyl (C=O) groups excluding carboxylic acids is 3. The van der Waals surface area contributed by atoms with Crippen LogP contribution >= 0.6 is 0 Å². The average molecular weight is 277 g/mol. The Bertz CT molecular complexity index is 500. The van der Waals surface area contributed by atoms with Gasteiger partial charge in [0, 0.05) is 24.2 Å². The van der Waals surface area contributed by atoms with Crippen molar-refractivity contribution in [1.82, 2.24) is 10.6 Å². The highest BCUT2D eigenvalue weighted by atomic mass is 16.2. The van der Waals surface area contributed by atoms with Crippen molar-refractivity contribution in [2.45, 2.75) is 26.3 Å². The van der Waals surface area contributed by atoms with Crippen LogP contribution in [0.15, 0.2) is 18.2 Å². The molecular weight excluding hydrogens is 258 g/mol. The van der Waals surface area contributed by atoms with Crippen LogP contribution in [0.4, 0.5) is 5.69 Å². The van der Waals surface area contributed by atoms with E-state index in [2.05, 4.69) is 10.6 Å². The molecule has 0 radical (unpaired) electrons. The standard InChI is InChI=1S/C14H19N3O3/c1-2-4-13(19)17-14(20)8-16-7-10-5-3-6-12(15)11(10)9-18/h3,5-6,9,16H,2,4,7-8,15H2,1H3,(H,17,19,20). The molecule has 2 amide bonds. The first-order valence-corrected chi connectivity index (χ1v) is 6.44. The number of aldehydes is 1. The summed E-state index contributed by atoms with van der Waals surface area (Å²) in [5.74, 6) is -0.670. The number of imide groups is 1. The predicted molar refractivity (Wildman–Crippen MR) is 76.0 cm³/mol. The lowest BCUT2D eigenvalue weighted by Crippen LogP contribution is -2.37. The van der Waals surface area contributed by atoms with Gasteiger partial charge < -0.3 is 11.1 Å². The lowest BCUT2D eigenvalue weighted by atomic mass is 10.1. The minimum atomic E-state index is -0.389. The van der Waals surface area contributed by atoms with Crippen molar-refractivity contribution in [2.75, 3.05) is 12.3 Å². The van der Waals surface area contributed by atoms with E-state index in [1.54, 1.807) is 18.2 Å². The first-order chi connectivity index (χ1) is 9.58. The molecule has 20 heavy (non-hydrogen) atoms. The number of nitrogens with one attached hydrogen (secondary N) is 2. The van der Waals surface area contributed by atoms with E-state index in [0.29, 0.717) is 42.5 Å². The molecule has 0 aliphatic carbocycles. The smallest absolute Gasteiger partial charge is 0.240 e. The fourth-order valence-electron chi connectivity index (χ4n) is 1.73. The third kappa shape index (κ3) is 4.81. The molecule has 0 fully saturated rings. The van der Waals surface area contributed by atoms with Gasteiger partial charge in [-0.1, -0.05) is 19.1 Å². The molecule has 0 aromatic heterocycles.